The monoisotopic (exact) mass is 285 g/mol. The van der Waals surface area contributed by atoms with Crippen LogP contribution in [0.2, 0.25) is 5.28 Å². The van der Waals surface area contributed by atoms with Crippen LogP contribution in [-0.2, 0) is 0 Å². The molecule has 18 heavy (non-hydrogen) atoms. The van der Waals surface area contributed by atoms with Crippen LogP contribution >= 0.6 is 11.6 Å². The van der Waals surface area contributed by atoms with Gasteiger partial charge in [-0.05, 0) is 18.5 Å². The van der Waals surface area contributed by atoms with E-state index >= 15 is 0 Å². The van der Waals surface area contributed by atoms with Crippen molar-refractivity contribution in [1.82, 2.24) is 9.97 Å². The number of alkyl halides is 3. The van der Waals surface area contributed by atoms with Crippen LogP contribution in [0, 0.1) is 17.0 Å². The van der Waals surface area contributed by atoms with Gasteiger partial charge in [0.05, 0.1) is 18.0 Å². The van der Waals surface area contributed by atoms with Gasteiger partial charge >= 0.3 is 11.9 Å². The minimum atomic E-state index is -4.42. The first kappa shape index (κ1) is 14.4. The molecule has 1 rings (SSSR count). The SMILES string of the molecule is Cc1nc(Cl)nc(OCCC(F)(F)F)c1[N+](=O)[O-]. The smallest absolute Gasteiger partial charge is 0.392 e. The molecule has 1 heterocycles. The molecule has 0 N–H and O–H groups in total. The van der Waals surface area contributed by atoms with Crippen molar-refractivity contribution in [1.29, 1.82) is 0 Å². The maximum absolute atomic E-state index is 11.9. The van der Waals surface area contributed by atoms with Gasteiger partial charge in [0.1, 0.15) is 5.69 Å². The van der Waals surface area contributed by atoms with E-state index in [1.165, 1.54) is 6.92 Å². The molecule has 0 aliphatic rings. The minimum absolute atomic E-state index is 0.0815. The lowest BCUT2D eigenvalue weighted by Crippen LogP contribution is -2.14. The van der Waals surface area contributed by atoms with Crippen LogP contribution in [-0.4, -0.2) is 27.7 Å². The molecule has 0 fully saturated rings. The molecule has 1 aromatic heterocycles. The Hall–Kier alpha value is -1.64. The summed E-state index contributed by atoms with van der Waals surface area (Å²) in [5.41, 5.74) is -0.677. The Balaban J connectivity index is 2.90. The summed E-state index contributed by atoms with van der Waals surface area (Å²) in [5, 5.41) is 10.4. The molecule has 0 aromatic carbocycles. The van der Waals surface area contributed by atoms with Crippen molar-refractivity contribution < 1.29 is 22.8 Å². The first-order valence-corrected chi connectivity index (χ1v) is 4.96. The molecule has 1 aromatic rings. The van der Waals surface area contributed by atoms with E-state index in [0.717, 1.165) is 0 Å². The van der Waals surface area contributed by atoms with Crippen LogP contribution in [0.3, 0.4) is 0 Å². The second-order valence-electron chi connectivity index (χ2n) is 3.20. The lowest BCUT2D eigenvalue weighted by Gasteiger charge is -2.08. The van der Waals surface area contributed by atoms with Crippen LogP contribution in [0.25, 0.3) is 0 Å². The molecule has 100 valence electrons. The van der Waals surface area contributed by atoms with Crippen LogP contribution in [0.1, 0.15) is 12.1 Å². The van der Waals surface area contributed by atoms with Gasteiger partial charge in [-0.2, -0.15) is 18.2 Å². The largest absolute Gasteiger partial charge is 0.472 e. The Morgan fingerprint density at radius 1 is 1.44 bits per heavy atom. The average Bonchev–Trinajstić information content (AvgIpc) is 2.13. The van der Waals surface area contributed by atoms with Crippen LogP contribution in [0.4, 0.5) is 18.9 Å². The maximum atomic E-state index is 11.9. The van der Waals surface area contributed by atoms with Gasteiger partial charge in [-0.15, -0.1) is 0 Å². The predicted octanol–water partition coefficient (Wildman–Crippen LogP) is 2.68. The Morgan fingerprint density at radius 2 is 2.06 bits per heavy atom. The zero-order valence-corrected chi connectivity index (χ0v) is 9.75. The second-order valence-corrected chi connectivity index (χ2v) is 3.54. The standard InChI is InChI=1S/C8H7ClF3N3O3/c1-4-5(15(16)17)6(14-7(9)13-4)18-3-2-8(10,11)12/h2-3H2,1H3. The van der Waals surface area contributed by atoms with E-state index in [2.05, 4.69) is 14.7 Å². The summed E-state index contributed by atoms with van der Waals surface area (Å²) < 4.78 is 40.3. The highest BCUT2D eigenvalue weighted by molar-refractivity contribution is 6.28. The Kier molecular flexibility index (Phi) is 4.28. The number of halogens is 4. The first-order valence-electron chi connectivity index (χ1n) is 4.59. The average molecular weight is 286 g/mol. The van der Waals surface area contributed by atoms with Crippen molar-refractivity contribution in [2.45, 2.75) is 19.5 Å². The quantitative estimate of drug-likeness (QED) is 0.483. The van der Waals surface area contributed by atoms with E-state index in [-0.39, 0.29) is 11.0 Å². The van der Waals surface area contributed by atoms with E-state index in [0.29, 0.717) is 0 Å². The summed E-state index contributed by atoms with van der Waals surface area (Å²) in [7, 11) is 0. The summed E-state index contributed by atoms with van der Waals surface area (Å²) >= 11 is 5.45. The first-order chi connectivity index (χ1) is 8.20. The highest BCUT2D eigenvalue weighted by Crippen LogP contribution is 2.29. The highest BCUT2D eigenvalue weighted by atomic mass is 35.5. The van der Waals surface area contributed by atoms with Gasteiger partial charge in [0.2, 0.25) is 5.28 Å². The van der Waals surface area contributed by atoms with Gasteiger partial charge in [0.25, 0.3) is 5.88 Å². The molecule has 0 saturated carbocycles. The minimum Gasteiger partial charge on any atom is -0.472 e. The Bertz CT molecular complexity index is 467. The molecule has 0 aliphatic heterocycles. The third kappa shape index (κ3) is 3.99. The van der Waals surface area contributed by atoms with E-state index < -0.39 is 35.7 Å². The molecule has 0 radical (unpaired) electrons. The van der Waals surface area contributed by atoms with Crippen LogP contribution in [0.5, 0.6) is 5.88 Å². The fraction of sp³-hybridized carbons (Fsp3) is 0.500. The van der Waals surface area contributed by atoms with E-state index in [1.807, 2.05) is 0 Å². The third-order valence-corrected chi connectivity index (χ3v) is 1.97. The molecular formula is C8H7ClF3N3O3. The van der Waals surface area contributed by atoms with Crippen molar-refractivity contribution >= 4 is 17.3 Å². The molecule has 0 bridgehead atoms. The number of nitrogens with zero attached hydrogens (tertiary/aromatic N) is 3. The highest BCUT2D eigenvalue weighted by Gasteiger charge is 2.29. The normalized spacial score (nSPS) is 11.4. The molecular weight excluding hydrogens is 279 g/mol. The summed E-state index contributed by atoms with van der Waals surface area (Å²) in [5.74, 6) is -0.568. The number of rotatable bonds is 4. The van der Waals surface area contributed by atoms with Gasteiger partial charge < -0.3 is 4.74 Å². The molecule has 6 nitrogen and oxygen atoms in total. The van der Waals surface area contributed by atoms with Gasteiger partial charge in [-0.1, -0.05) is 0 Å². The zero-order chi connectivity index (χ0) is 13.9. The Morgan fingerprint density at radius 3 is 2.56 bits per heavy atom. The number of hydrogen-bond donors (Lipinski definition) is 0. The van der Waals surface area contributed by atoms with Gasteiger partial charge in [0, 0.05) is 0 Å². The number of hydrogen-bond acceptors (Lipinski definition) is 5. The maximum Gasteiger partial charge on any atom is 0.392 e. The Labute approximate surface area is 104 Å². The fourth-order valence-electron chi connectivity index (χ4n) is 1.08. The topological polar surface area (TPSA) is 78.2 Å². The molecule has 0 atom stereocenters. The lowest BCUT2D eigenvalue weighted by molar-refractivity contribution is -0.387. The lowest BCUT2D eigenvalue weighted by atomic mass is 10.3. The second kappa shape index (κ2) is 5.34. The summed E-state index contributed by atoms with van der Waals surface area (Å²) in [6.07, 6.45) is -5.66. The molecule has 10 heteroatoms. The third-order valence-electron chi connectivity index (χ3n) is 1.81. The van der Waals surface area contributed by atoms with Crippen molar-refractivity contribution in [2.75, 3.05) is 6.61 Å². The van der Waals surface area contributed by atoms with Crippen LogP contribution < -0.4 is 4.74 Å². The van der Waals surface area contributed by atoms with Crippen molar-refractivity contribution in [2.24, 2.45) is 0 Å². The predicted molar refractivity (Wildman–Crippen MR) is 54.6 cm³/mol. The van der Waals surface area contributed by atoms with Crippen LogP contribution in [0.15, 0.2) is 0 Å². The van der Waals surface area contributed by atoms with Gasteiger partial charge in [-0.25, -0.2) is 4.98 Å². The number of ether oxygens (including phenoxy) is 1. The van der Waals surface area contributed by atoms with E-state index in [1.54, 1.807) is 0 Å². The fourth-order valence-corrected chi connectivity index (χ4v) is 1.29. The van der Waals surface area contributed by atoms with Crippen molar-refractivity contribution in [3.63, 3.8) is 0 Å². The summed E-state index contributed by atoms with van der Waals surface area (Å²) in [6.45, 7) is 0.499. The number of aromatic nitrogens is 2. The summed E-state index contributed by atoms with van der Waals surface area (Å²) in [4.78, 5) is 16.8. The van der Waals surface area contributed by atoms with Crippen molar-refractivity contribution in [3.8, 4) is 5.88 Å². The number of aryl methyl sites for hydroxylation is 1. The molecule has 0 aliphatic carbocycles. The molecule has 0 saturated heterocycles. The van der Waals surface area contributed by atoms with Gasteiger partial charge in [0.15, 0.2) is 0 Å². The summed E-state index contributed by atoms with van der Waals surface area (Å²) in [6, 6.07) is 0. The van der Waals surface area contributed by atoms with E-state index in [4.69, 9.17) is 11.6 Å². The number of nitro groups is 1. The molecule has 0 unspecified atom stereocenters. The van der Waals surface area contributed by atoms with E-state index in [9.17, 15) is 23.3 Å². The van der Waals surface area contributed by atoms with Gasteiger partial charge in [-0.3, -0.25) is 10.1 Å². The molecule has 0 spiro atoms. The zero-order valence-electron chi connectivity index (χ0n) is 8.99. The van der Waals surface area contributed by atoms with Crippen molar-refractivity contribution in [3.05, 3.63) is 21.1 Å². The molecule has 0 amide bonds.